The first kappa shape index (κ1) is 58.2. The molecule has 16 heteroatoms. The molecule has 8 unspecified atom stereocenters. The minimum absolute atomic E-state index is 0.0330. The van der Waals surface area contributed by atoms with Gasteiger partial charge in [0.2, 0.25) is 0 Å². The van der Waals surface area contributed by atoms with Gasteiger partial charge in [-0.25, -0.2) is 19.2 Å². The third kappa shape index (κ3) is 17.1. The highest BCUT2D eigenvalue weighted by Crippen LogP contribution is 2.25. The summed E-state index contributed by atoms with van der Waals surface area (Å²) in [5, 5.41) is 0. The molecule has 0 spiro atoms. The van der Waals surface area contributed by atoms with Gasteiger partial charge in [-0.15, -0.1) is 0 Å². The van der Waals surface area contributed by atoms with Crippen molar-refractivity contribution in [3.05, 3.63) is 71.8 Å². The zero-order chi connectivity index (χ0) is 51.2. The van der Waals surface area contributed by atoms with Crippen molar-refractivity contribution in [2.24, 2.45) is 23.7 Å². The van der Waals surface area contributed by atoms with Gasteiger partial charge in [-0.3, -0.25) is 0 Å². The highest BCUT2D eigenvalue weighted by molar-refractivity contribution is 7.81. The average Bonchev–Trinajstić information content (AvgIpc) is 3.28. The second kappa shape index (κ2) is 27.3. The largest absolute Gasteiger partial charge is 0.454 e. The maximum atomic E-state index is 14.6. The molecule has 0 aliphatic carbocycles. The molecular formula is C52H76N4O8S4. The molecule has 1 aliphatic rings. The normalized spacial score (nSPS) is 25.2. The van der Waals surface area contributed by atoms with Crippen molar-refractivity contribution >= 4 is 92.7 Å². The third-order valence-corrected chi connectivity index (χ3v) is 14.3. The van der Waals surface area contributed by atoms with Crippen LogP contribution in [0.2, 0.25) is 0 Å². The smallest absolute Gasteiger partial charge is 0.329 e. The first-order valence-electron chi connectivity index (χ1n) is 23.8. The first-order valence-corrected chi connectivity index (χ1v) is 25.4. The maximum Gasteiger partial charge on any atom is 0.329 e. The van der Waals surface area contributed by atoms with Crippen LogP contribution in [0.1, 0.15) is 106 Å². The fourth-order valence-corrected chi connectivity index (χ4v) is 9.01. The summed E-state index contributed by atoms with van der Waals surface area (Å²) >= 11 is 24.3. The van der Waals surface area contributed by atoms with E-state index in [2.05, 4.69) is 0 Å². The molecule has 1 fully saturated rings. The number of likely N-dealkylation sites (N-methyl/N-ethyl adjacent to an activating group) is 4. The topological polar surface area (TPSA) is 118 Å². The Labute approximate surface area is 428 Å². The minimum atomic E-state index is -0.973. The second-order valence-corrected chi connectivity index (χ2v) is 21.4. The molecule has 8 atom stereocenters. The van der Waals surface area contributed by atoms with E-state index in [1.165, 1.54) is 0 Å². The molecule has 0 radical (unpaired) electrons. The second-order valence-electron chi connectivity index (χ2n) is 19.8. The fourth-order valence-electron chi connectivity index (χ4n) is 8.14. The van der Waals surface area contributed by atoms with Crippen molar-refractivity contribution in [3.63, 3.8) is 0 Å². The summed E-state index contributed by atoms with van der Waals surface area (Å²) in [5.41, 5.74) is 1.73. The number of nitrogens with zero attached hydrogens (tertiary/aromatic N) is 4. The molecule has 1 heterocycles. The lowest BCUT2D eigenvalue weighted by Gasteiger charge is -2.38. The predicted molar refractivity (Wildman–Crippen MR) is 286 cm³/mol. The molecule has 0 N–H and O–H groups in total. The average molecular weight is 1010 g/mol. The lowest BCUT2D eigenvalue weighted by atomic mass is 10.00. The molecule has 2 aromatic rings. The summed E-state index contributed by atoms with van der Waals surface area (Å²) in [5.74, 6) is -2.17. The van der Waals surface area contributed by atoms with Crippen molar-refractivity contribution in [2.75, 3.05) is 28.2 Å². The van der Waals surface area contributed by atoms with Crippen molar-refractivity contribution in [3.8, 4) is 0 Å². The van der Waals surface area contributed by atoms with Gasteiger partial charge in [0.05, 0.1) is 0 Å². The van der Waals surface area contributed by atoms with Crippen LogP contribution < -0.4 is 0 Å². The molecule has 1 aliphatic heterocycles. The molecule has 0 aromatic heterocycles. The predicted octanol–water partition coefficient (Wildman–Crippen LogP) is 8.87. The zero-order valence-electron chi connectivity index (χ0n) is 42.6. The number of benzene rings is 2. The lowest BCUT2D eigenvalue weighted by Crippen LogP contribution is -2.54. The molecule has 1 saturated heterocycles. The minimum Gasteiger partial charge on any atom is -0.454 e. The van der Waals surface area contributed by atoms with Gasteiger partial charge in [0, 0.05) is 41.0 Å². The highest BCUT2D eigenvalue weighted by Gasteiger charge is 2.40. The Kier molecular flexibility index (Phi) is 23.4. The van der Waals surface area contributed by atoms with Crippen molar-refractivity contribution < 1.29 is 38.1 Å². The van der Waals surface area contributed by atoms with Crippen molar-refractivity contribution in [1.29, 1.82) is 0 Å². The van der Waals surface area contributed by atoms with Gasteiger partial charge in [-0.2, -0.15) is 0 Å². The van der Waals surface area contributed by atoms with Crippen LogP contribution in [0.4, 0.5) is 0 Å². The maximum absolute atomic E-state index is 14.6. The number of esters is 4. The van der Waals surface area contributed by atoms with Crippen LogP contribution in [-0.2, 0) is 51.0 Å². The van der Waals surface area contributed by atoms with Crippen LogP contribution in [0.3, 0.4) is 0 Å². The zero-order valence-corrected chi connectivity index (χ0v) is 45.9. The summed E-state index contributed by atoms with van der Waals surface area (Å²) in [6, 6.07) is 15.5. The standard InChI is InChI=1S/C52H76N4O8S4/c1-31(2)25-39-49(57)61-35(9)45(65)53(11)42(28-34(7)8)52(60)64-44(30-38-23-19-16-20-24-38)48(68)56(14)40(26-32(3)4)50(58)62-36(10)46(66)54(12)41(27-33(5)6)51(59)63-43(47(67)55(39)13)29-37-21-17-15-18-22-37/h15-24,31-36,39-44H,25-30H2,1-14H3. The summed E-state index contributed by atoms with van der Waals surface area (Å²) in [6.45, 7) is 19.3. The number of hydrogen-bond donors (Lipinski definition) is 0. The Morgan fingerprint density at radius 1 is 0.412 bits per heavy atom. The summed E-state index contributed by atoms with van der Waals surface area (Å²) < 4.78 is 25.2. The van der Waals surface area contributed by atoms with Gasteiger partial charge in [0.1, 0.15) is 56.3 Å². The highest BCUT2D eigenvalue weighted by atomic mass is 32.1. The van der Waals surface area contributed by atoms with E-state index >= 15 is 0 Å². The monoisotopic (exact) mass is 1010 g/mol. The Morgan fingerprint density at radius 2 is 0.647 bits per heavy atom. The van der Waals surface area contributed by atoms with Crippen molar-refractivity contribution in [1.82, 2.24) is 19.6 Å². The van der Waals surface area contributed by atoms with Gasteiger partial charge in [0.15, 0.2) is 12.2 Å². The number of thiocarbonyl (C=S) groups is 4. The van der Waals surface area contributed by atoms with Crippen LogP contribution in [0.15, 0.2) is 60.7 Å². The van der Waals surface area contributed by atoms with Gasteiger partial charge in [-0.05, 0) is 74.3 Å². The first-order chi connectivity index (χ1) is 31.8. The number of ether oxygens (including phenoxy) is 4. The quantitative estimate of drug-likeness (QED) is 0.114. The molecule has 0 saturated carbocycles. The van der Waals surface area contributed by atoms with E-state index in [4.69, 9.17) is 67.8 Å². The van der Waals surface area contributed by atoms with Gasteiger partial charge in [-0.1, -0.05) is 165 Å². The SMILES string of the molecule is CC(C)CC1C(=O)OC(Cc2ccccc2)C(=S)N(C)C(CC(C)C)C(=O)OC(C)C(=S)N(C)C(CC(C)C)C(=O)OC(Cc2ccccc2)C(=S)N(C)C(CC(C)C)C(=O)OC(C)C(=S)N1C. The molecule has 68 heavy (non-hydrogen) atoms. The van der Waals surface area contributed by atoms with E-state index < -0.39 is 72.5 Å². The van der Waals surface area contributed by atoms with Gasteiger partial charge in [0.25, 0.3) is 0 Å². The van der Waals surface area contributed by atoms with Crippen LogP contribution in [-0.4, -0.2) is 140 Å². The Balaban J connectivity index is 2.25. The molecule has 0 amide bonds. The van der Waals surface area contributed by atoms with Crippen LogP contribution in [0.5, 0.6) is 0 Å². The van der Waals surface area contributed by atoms with E-state index in [9.17, 15) is 19.2 Å². The Hall–Kier alpha value is -4.12. The van der Waals surface area contributed by atoms with Gasteiger partial charge >= 0.3 is 23.9 Å². The molecule has 12 nitrogen and oxygen atoms in total. The number of cyclic esters (lactones) is 4. The van der Waals surface area contributed by atoms with E-state index in [-0.39, 0.29) is 56.5 Å². The van der Waals surface area contributed by atoms with E-state index in [0.717, 1.165) is 11.1 Å². The molecule has 3 rings (SSSR count). The summed E-state index contributed by atoms with van der Waals surface area (Å²) in [6.07, 6.45) is -1.94. The summed E-state index contributed by atoms with van der Waals surface area (Å²) in [7, 11) is 6.81. The fraction of sp³-hybridized carbons (Fsp3) is 0.615. The van der Waals surface area contributed by atoms with E-state index in [1.807, 2.05) is 116 Å². The van der Waals surface area contributed by atoms with Gasteiger partial charge < -0.3 is 38.5 Å². The Bertz CT molecular complexity index is 1880. The third-order valence-electron chi connectivity index (χ3n) is 12.0. The molecule has 0 bridgehead atoms. The van der Waals surface area contributed by atoms with E-state index in [1.54, 1.807) is 61.6 Å². The number of hydrogen-bond acceptors (Lipinski definition) is 12. The van der Waals surface area contributed by atoms with Crippen LogP contribution in [0.25, 0.3) is 0 Å². The van der Waals surface area contributed by atoms with E-state index in [0.29, 0.717) is 25.7 Å². The molecular weight excluding hydrogens is 937 g/mol. The summed E-state index contributed by atoms with van der Waals surface area (Å²) in [4.78, 5) is 65.6. The molecule has 2 aromatic carbocycles. The number of carbonyl (C=O) groups excluding carboxylic acids is 4. The lowest BCUT2D eigenvalue weighted by molar-refractivity contribution is -0.152. The number of carbonyl (C=O) groups is 4. The van der Waals surface area contributed by atoms with Crippen LogP contribution in [0, 0.1) is 23.7 Å². The number of rotatable bonds is 12. The Morgan fingerprint density at radius 3 is 0.897 bits per heavy atom. The van der Waals surface area contributed by atoms with Crippen LogP contribution >= 0.6 is 48.9 Å². The molecule has 376 valence electrons. The van der Waals surface area contributed by atoms with Crippen molar-refractivity contribution in [2.45, 2.75) is 156 Å².